The van der Waals surface area contributed by atoms with Crippen molar-refractivity contribution in [2.45, 2.75) is 45.1 Å². The Balaban J connectivity index is 0.000000648. The van der Waals surface area contributed by atoms with Gasteiger partial charge < -0.3 is 30.1 Å². The van der Waals surface area contributed by atoms with Gasteiger partial charge in [0.25, 0.3) is 0 Å². The van der Waals surface area contributed by atoms with Gasteiger partial charge in [0.2, 0.25) is 0 Å². The van der Waals surface area contributed by atoms with E-state index in [0.29, 0.717) is 38.8 Å². The number of piperazine rings is 1. The fourth-order valence-electron chi connectivity index (χ4n) is 2.82. The predicted octanol–water partition coefficient (Wildman–Crippen LogP) is 2.03. The van der Waals surface area contributed by atoms with Gasteiger partial charge in [0.1, 0.15) is 0 Å². The number of carboxylic acid groups (broad SMARTS) is 2. The van der Waals surface area contributed by atoms with E-state index < -0.39 is 6.16 Å². The molecule has 24 heavy (non-hydrogen) atoms. The maximum atomic E-state index is 12.1. The third-order valence-corrected chi connectivity index (χ3v) is 4.03. The average molecular weight is 345 g/mol. The second kappa shape index (κ2) is 10.6. The number of amides is 3. The molecule has 138 valence electrons. The summed E-state index contributed by atoms with van der Waals surface area (Å²) in [6.45, 7) is 4.45. The molecule has 0 atom stereocenters. The molecule has 2 rings (SSSR count). The van der Waals surface area contributed by atoms with Crippen LogP contribution >= 0.6 is 0 Å². The molecule has 3 N–H and O–H groups in total. The molecule has 1 aliphatic heterocycles. The number of nitrogens with one attached hydrogen (secondary N) is 1. The van der Waals surface area contributed by atoms with Gasteiger partial charge >= 0.3 is 18.3 Å². The number of hydrogen-bond donors (Lipinski definition) is 3. The van der Waals surface area contributed by atoms with Crippen LogP contribution in [0, 0.1) is 0 Å². The van der Waals surface area contributed by atoms with Crippen molar-refractivity contribution in [1.82, 2.24) is 15.1 Å². The van der Waals surface area contributed by atoms with E-state index >= 15 is 0 Å². The highest BCUT2D eigenvalue weighted by atomic mass is 16.6. The number of rotatable bonds is 2. The third-order valence-electron chi connectivity index (χ3n) is 4.03. The molecule has 0 bridgehead atoms. The van der Waals surface area contributed by atoms with Gasteiger partial charge in [0.05, 0.1) is 6.61 Å². The molecule has 0 unspecified atom stereocenters. The van der Waals surface area contributed by atoms with Crippen LogP contribution in [0.1, 0.15) is 39.0 Å². The summed E-state index contributed by atoms with van der Waals surface area (Å²) in [5, 5.41) is 17.1. The molecule has 2 aliphatic rings. The minimum atomic E-state index is -1.83. The predicted molar refractivity (Wildman–Crippen MR) is 86.2 cm³/mol. The summed E-state index contributed by atoms with van der Waals surface area (Å²) in [4.78, 5) is 35.7. The molecule has 0 aromatic heterocycles. The monoisotopic (exact) mass is 345 g/mol. The number of carbonyl (C=O) groups is 3. The molecule has 1 saturated heterocycles. The molecule has 1 saturated carbocycles. The van der Waals surface area contributed by atoms with E-state index in [4.69, 9.17) is 19.7 Å². The molecule has 2 fully saturated rings. The van der Waals surface area contributed by atoms with Gasteiger partial charge in [0, 0.05) is 32.2 Å². The molecule has 9 heteroatoms. The Hall–Kier alpha value is -2.19. The van der Waals surface area contributed by atoms with Crippen LogP contribution in [0.3, 0.4) is 0 Å². The summed E-state index contributed by atoms with van der Waals surface area (Å²) in [7, 11) is 0. The average Bonchev–Trinajstić information content (AvgIpc) is 2.55. The Morgan fingerprint density at radius 3 is 2.00 bits per heavy atom. The molecule has 0 aromatic carbocycles. The lowest BCUT2D eigenvalue weighted by molar-refractivity contribution is 0.0845. The van der Waals surface area contributed by atoms with Crippen molar-refractivity contribution in [3.05, 3.63) is 0 Å². The maximum absolute atomic E-state index is 12.1. The molecule has 1 aliphatic carbocycles. The van der Waals surface area contributed by atoms with E-state index in [1.165, 1.54) is 19.3 Å². The van der Waals surface area contributed by atoms with Crippen molar-refractivity contribution in [2.24, 2.45) is 0 Å². The van der Waals surface area contributed by atoms with E-state index in [0.717, 1.165) is 12.8 Å². The van der Waals surface area contributed by atoms with Crippen LogP contribution in [0.4, 0.5) is 14.4 Å². The normalized spacial score (nSPS) is 18.2. The van der Waals surface area contributed by atoms with Gasteiger partial charge in [-0.25, -0.2) is 14.4 Å². The SMILES string of the molecule is CCOC(=O)N1CCN(C(=O)NC2CCCCC2)CC1.O=C(O)O. The van der Waals surface area contributed by atoms with E-state index in [1.54, 1.807) is 16.7 Å². The van der Waals surface area contributed by atoms with E-state index in [9.17, 15) is 9.59 Å². The second-order valence-electron chi connectivity index (χ2n) is 5.74. The van der Waals surface area contributed by atoms with Crippen molar-refractivity contribution in [3.63, 3.8) is 0 Å². The fourth-order valence-corrected chi connectivity index (χ4v) is 2.82. The molecule has 0 radical (unpaired) electrons. The van der Waals surface area contributed by atoms with E-state index in [2.05, 4.69) is 5.32 Å². The Bertz CT molecular complexity index is 413. The number of urea groups is 1. The molecule has 9 nitrogen and oxygen atoms in total. The summed E-state index contributed by atoms with van der Waals surface area (Å²) >= 11 is 0. The van der Waals surface area contributed by atoms with Gasteiger partial charge in [-0.3, -0.25) is 0 Å². The van der Waals surface area contributed by atoms with Crippen LogP contribution in [0.25, 0.3) is 0 Å². The standard InChI is InChI=1S/C14H25N3O3.CH2O3/c1-2-20-14(19)17-10-8-16(9-11-17)13(18)15-12-6-4-3-5-7-12;2-1(3)4/h12H,2-11H2,1H3,(H,15,18);(H2,2,3,4). The van der Waals surface area contributed by atoms with Gasteiger partial charge in [-0.1, -0.05) is 19.3 Å². The Morgan fingerprint density at radius 2 is 1.50 bits per heavy atom. The lowest BCUT2D eigenvalue weighted by Crippen LogP contribution is -2.54. The van der Waals surface area contributed by atoms with Crippen molar-refractivity contribution in [2.75, 3.05) is 32.8 Å². The number of hydrogen-bond acceptors (Lipinski definition) is 4. The molecule has 0 spiro atoms. The van der Waals surface area contributed by atoms with Crippen molar-refractivity contribution in [3.8, 4) is 0 Å². The second-order valence-corrected chi connectivity index (χ2v) is 5.74. The Morgan fingerprint density at radius 1 is 1.00 bits per heavy atom. The zero-order chi connectivity index (χ0) is 17.9. The zero-order valence-electron chi connectivity index (χ0n) is 14.1. The molecule has 3 amide bonds. The lowest BCUT2D eigenvalue weighted by Gasteiger charge is -2.35. The van der Waals surface area contributed by atoms with Crippen molar-refractivity contribution < 1.29 is 29.3 Å². The van der Waals surface area contributed by atoms with E-state index in [1.807, 2.05) is 0 Å². The Kier molecular flexibility index (Phi) is 8.74. The third kappa shape index (κ3) is 7.38. The first-order valence-electron chi connectivity index (χ1n) is 8.33. The summed E-state index contributed by atoms with van der Waals surface area (Å²) in [5.41, 5.74) is 0. The molecular formula is C15H27N3O6. The number of carbonyl (C=O) groups excluding carboxylic acids is 2. The first-order valence-corrected chi connectivity index (χ1v) is 8.33. The van der Waals surface area contributed by atoms with Gasteiger partial charge in [-0.15, -0.1) is 0 Å². The van der Waals surface area contributed by atoms with Crippen molar-refractivity contribution >= 4 is 18.3 Å². The molecular weight excluding hydrogens is 318 g/mol. The largest absolute Gasteiger partial charge is 0.503 e. The summed E-state index contributed by atoms with van der Waals surface area (Å²) in [5.74, 6) is 0. The molecule has 0 aromatic rings. The van der Waals surface area contributed by atoms with Gasteiger partial charge in [-0.05, 0) is 19.8 Å². The van der Waals surface area contributed by atoms with Crippen LogP contribution in [-0.2, 0) is 4.74 Å². The first kappa shape index (κ1) is 19.9. The highest BCUT2D eigenvalue weighted by Crippen LogP contribution is 2.17. The summed E-state index contributed by atoms with van der Waals surface area (Å²) in [6.07, 6.45) is 3.77. The Labute approximate surface area is 141 Å². The zero-order valence-corrected chi connectivity index (χ0v) is 14.1. The smallest absolute Gasteiger partial charge is 0.450 e. The fraction of sp³-hybridized carbons (Fsp3) is 0.800. The quantitative estimate of drug-likeness (QED) is 0.704. The number of ether oxygens (including phenoxy) is 1. The highest BCUT2D eigenvalue weighted by molar-refractivity contribution is 5.75. The minimum absolute atomic E-state index is 0.0143. The van der Waals surface area contributed by atoms with Gasteiger partial charge in [-0.2, -0.15) is 0 Å². The van der Waals surface area contributed by atoms with Crippen LogP contribution in [-0.4, -0.2) is 77.1 Å². The van der Waals surface area contributed by atoms with Crippen LogP contribution < -0.4 is 5.32 Å². The maximum Gasteiger partial charge on any atom is 0.503 e. The molecule has 1 heterocycles. The summed E-state index contributed by atoms with van der Waals surface area (Å²) in [6, 6.07) is 0.347. The minimum Gasteiger partial charge on any atom is -0.450 e. The first-order chi connectivity index (χ1) is 11.4. The highest BCUT2D eigenvalue weighted by Gasteiger charge is 2.26. The summed E-state index contributed by atoms with van der Waals surface area (Å²) < 4.78 is 4.97. The van der Waals surface area contributed by atoms with Gasteiger partial charge in [0.15, 0.2) is 0 Å². The van der Waals surface area contributed by atoms with Crippen LogP contribution in [0.5, 0.6) is 0 Å². The number of nitrogens with zero attached hydrogens (tertiary/aromatic N) is 2. The van der Waals surface area contributed by atoms with Crippen LogP contribution in [0.2, 0.25) is 0 Å². The lowest BCUT2D eigenvalue weighted by atomic mass is 9.96. The van der Waals surface area contributed by atoms with E-state index in [-0.39, 0.29) is 12.1 Å². The van der Waals surface area contributed by atoms with Crippen LogP contribution in [0.15, 0.2) is 0 Å². The van der Waals surface area contributed by atoms with Crippen molar-refractivity contribution in [1.29, 1.82) is 0 Å². The topological polar surface area (TPSA) is 119 Å².